The van der Waals surface area contributed by atoms with Crippen LogP contribution in [0.5, 0.6) is 0 Å². The molecule has 1 aromatic carbocycles. The third-order valence-electron chi connectivity index (χ3n) is 5.16. The molecule has 0 saturated carbocycles. The Labute approximate surface area is 177 Å². The van der Waals surface area contributed by atoms with E-state index in [1.807, 2.05) is 33.8 Å². The molecule has 6 nitrogen and oxygen atoms in total. The van der Waals surface area contributed by atoms with Gasteiger partial charge in [0, 0.05) is 24.7 Å². The van der Waals surface area contributed by atoms with Gasteiger partial charge >= 0.3 is 12.1 Å². The number of aryl methyl sites for hydroxylation is 1. The van der Waals surface area contributed by atoms with Gasteiger partial charge in [-0.15, -0.1) is 0 Å². The Bertz CT molecular complexity index is 1000. The van der Waals surface area contributed by atoms with Crippen LogP contribution in [0.3, 0.4) is 0 Å². The monoisotopic (exact) mass is 410 g/mol. The van der Waals surface area contributed by atoms with Gasteiger partial charge in [0.2, 0.25) is 0 Å². The first-order chi connectivity index (χ1) is 14.1. The highest BCUT2D eigenvalue weighted by molar-refractivity contribution is 6.07. The summed E-state index contributed by atoms with van der Waals surface area (Å²) < 4.78 is 5.54. The summed E-state index contributed by atoms with van der Waals surface area (Å²) in [7, 11) is 0. The molecule has 0 bridgehead atoms. The van der Waals surface area contributed by atoms with Gasteiger partial charge in [-0.05, 0) is 75.3 Å². The molecule has 1 amide bonds. The Morgan fingerprint density at radius 2 is 2.00 bits per heavy atom. The molecule has 0 fully saturated rings. The molecular weight excluding hydrogens is 380 g/mol. The highest BCUT2D eigenvalue weighted by Crippen LogP contribution is 2.34. The minimum absolute atomic E-state index is 0.104. The Morgan fingerprint density at radius 3 is 2.67 bits per heavy atom. The van der Waals surface area contributed by atoms with Gasteiger partial charge in [0.15, 0.2) is 0 Å². The topological polar surface area (TPSA) is 79.7 Å². The number of carbonyl (C=O) groups excluding carboxylic acids is 1. The van der Waals surface area contributed by atoms with Crippen LogP contribution in [0.15, 0.2) is 30.5 Å². The van der Waals surface area contributed by atoms with Gasteiger partial charge in [-0.3, -0.25) is 4.98 Å². The molecule has 1 atom stereocenters. The second kappa shape index (κ2) is 8.46. The van der Waals surface area contributed by atoms with Crippen LogP contribution in [-0.2, 0) is 4.74 Å². The first-order valence-corrected chi connectivity index (χ1v) is 10.4. The highest BCUT2D eigenvalue weighted by atomic mass is 16.6. The third kappa shape index (κ3) is 4.81. The Morgan fingerprint density at radius 1 is 1.27 bits per heavy atom. The van der Waals surface area contributed by atoms with Crippen molar-refractivity contribution in [1.82, 2.24) is 9.88 Å². The highest BCUT2D eigenvalue weighted by Gasteiger charge is 2.25. The zero-order valence-electron chi connectivity index (χ0n) is 18.4. The standard InChI is InChI=1S/C24H30N2O4/c1-15-12-17(8-7-11-26(14-15)23(29)30-24(3,4)5)20-16(2)13-25-19-10-6-9-18(21(19)20)22(27)28/h6,9-10,12-13,15H,7-8,11,14H2,1-5H3,(H,27,28)/b17-12-/t15-/m1/s1. The van der Waals surface area contributed by atoms with Crippen LogP contribution in [0.25, 0.3) is 16.5 Å². The predicted molar refractivity (Wildman–Crippen MR) is 118 cm³/mol. The van der Waals surface area contributed by atoms with E-state index in [2.05, 4.69) is 18.0 Å². The minimum Gasteiger partial charge on any atom is -0.478 e. The number of rotatable bonds is 2. The largest absolute Gasteiger partial charge is 0.478 e. The predicted octanol–water partition coefficient (Wildman–Crippen LogP) is 5.29. The Hall–Kier alpha value is -2.89. The van der Waals surface area contributed by atoms with Gasteiger partial charge in [-0.25, -0.2) is 9.59 Å². The van der Waals surface area contributed by atoms with Crippen molar-refractivity contribution >= 4 is 28.5 Å². The van der Waals surface area contributed by atoms with Crippen molar-refractivity contribution in [3.63, 3.8) is 0 Å². The zero-order valence-corrected chi connectivity index (χ0v) is 18.4. The summed E-state index contributed by atoms with van der Waals surface area (Å²) in [5.41, 5.74) is 3.45. The van der Waals surface area contributed by atoms with Crippen molar-refractivity contribution in [3.05, 3.63) is 47.2 Å². The van der Waals surface area contributed by atoms with E-state index in [0.717, 1.165) is 29.5 Å². The van der Waals surface area contributed by atoms with Crippen LogP contribution in [0, 0.1) is 12.8 Å². The molecule has 1 N–H and O–H groups in total. The van der Waals surface area contributed by atoms with E-state index in [4.69, 9.17) is 4.74 Å². The van der Waals surface area contributed by atoms with Crippen molar-refractivity contribution in [2.24, 2.45) is 5.92 Å². The minimum atomic E-state index is -0.954. The summed E-state index contributed by atoms with van der Waals surface area (Å²) in [6.45, 7) is 10.8. The van der Waals surface area contributed by atoms with Crippen LogP contribution in [0.2, 0.25) is 0 Å². The maximum atomic E-state index is 12.5. The summed E-state index contributed by atoms with van der Waals surface area (Å²) in [5, 5.41) is 10.4. The lowest BCUT2D eigenvalue weighted by Gasteiger charge is -2.30. The summed E-state index contributed by atoms with van der Waals surface area (Å²) in [4.78, 5) is 30.6. The Balaban J connectivity index is 2.00. The van der Waals surface area contributed by atoms with E-state index in [-0.39, 0.29) is 17.6 Å². The zero-order chi connectivity index (χ0) is 22.1. The average molecular weight is 411 g/mol. The number of nitrogens with zero attached hydrogens (tertiary/aromatic N) is 2. The van der Waals surface area contributed by atoms with E-state index < -0.39 is 11.6 Å². The van der Waals surface area contributed by atoms with Gasteiger partial charge < -0.3 is 14.7 Å². The number of amides is 1. The van der Waals surface area contributed by atoms with Crippen LogP contribution < -0.4 is 0 Å². The lowest BCUT2D eigenvalue weighted by molar-refractivity contribution is 0.0231. The lowest BCUT2D eigenvalue weighted by Crippen LogP contribution is -2.40. The molecule has 0 radical (unpaired) electrons. The summed E-state index contributed by atoms with van der Waals surface area (Å²) in [5.74, 6) is -0.850. The number of allylic oxidation sites excluding steroid dienone is 1. The fraction of sp³-hybridized carbons (Fsp3) is 0.458. The van der Waals surface area contributed by atoms with E-state index in [1.54, 1.807) is 23.2 Å². The number of carboxylic acids is 1. The van der Waals surface area contributed by atoms with Gasteiger partial charge in [0.05, 0.1) is 11.1 Å². The van der Waals surface area contributed by atoms with Crippen LogP contribution in [-0.4, -0.2) is 45.7 Å². The number of fused-ring (bicyclic) bond motifs is 1. The maximum absolute atomic E-state index is 12.5. The van der Waals surface area contributed by atoms with Crippen LogP contribution in [0.4, 0.5) is 4.79 Å². The molecule has 1 aliphatic rings. The number of carbonyl (C=O) groups is 2. The van der Waals surface area contributed by atoms with E-state index in [9.17, 15) is 14.7 Å². The normalized spacial score (nSPS) is 19.6. The molecule has 1 aliphatic heterocycles. The summed E-state index contributed by atoms with van der Waals surface area (Å²) in [6.07, 6.45) is 5.20. The summed E-state index contributed by atoms with van der Waals surface area (Å²) >= 11 is 0. The number of benzene rings is 1. The molecule has 2 heterocycles. The molecule has 2 aromatic rings. The molecular formula is C24H30N2O4. The van der Waals surface area contributed by atoms with Crippen LogP contribution in [0.1, 0.15) is 62.0 Å². The number of ether oxygens (including phenoxy) is 1. The quantitative estimate of drug-likeness (QED) is 0.727. The first-order valence-electron chi connectivity index (χ1n) is 10.4. The smallest absolute Gasteiger partial charge is 0.410 e. The number of pyridine rings is 1. The molecule has 6 heteroatoms. The van der Waals surface area contributed by atoms with Gasteiger partial charge in [0.25, 0.3) is 0 Å². The number of hydrogen-bond acceptors (Lipinski definition) is 4. The van der Waals surface area contributed by atoms with Gasteiger partial charge in [-0.1, -0.05) is 19.1 Å². The van der Waals surface area contributed by atoms with Gasteiger partial charge in [0.1, 0.15) is 5.60 Å². The van der Waals surface area contributed by atoms with E-state index in [0.29, 0.717) is 24.0 Å². The summed E-state index contributed by atoms with van der Waals surface area (Å²) in [6, 6.07) is 5.21. The molecule has 0 aliphatic carbocycles. The van der Waals surface area contributed by atoms with Crippen molar-refractivity contribution in [2.75, 3.05) is 13.1 Å². The van der Waals surface area contributed by atoms with E-state index in [1.165, 1.54) is 0 Å². The SMILES string of the molecule is Cc1cnc2cccc(C(=O)O)c2c1/C1=C\[C@@H](C)CN(C(=O)OC(C)(C)C)CCC1. The number of hydrogen-bond donors (Lipinski definition) is 1. The van der Waals surface area contributed by atoms with Crippen molar-refractivity contribution in [3.8, 4) is 0 Å². The van der Waals surface area contributed by atoms with Crippen molar-refractivity contribution in [2.45, 2.75) is 53.1 Å². The molecule has 0 saturated heterocycles. The second-order valence-corrected chi connectivity index (χ2v) is 9.02. The molecule has 0 unspecified atom stereocenters. The Kier molecular flexibility index (Phi) is 6.15. The van der Waals surface area contributed by atoms with Crippen molar-refractivity contribution < 1.29 is 19.4 Å². The average Bonchev–Trinajstić information content (AvgIpc) is 2.62. The van der Waals surface area contributed by atoms with Gasteiger partial charge in [-0.2, -0.15) is 0 Å². The molecule has 30 heavy (non-hydrogen) atoms. The fourth-order valence-electron chi connectivity index (χ4n) is 4.01. The second-order valence-electron chi connectivity index (χ2n) is 9.02. The first kappa shape index (κ1) is 21.8. The molecule has 160 valence electrons. The lowest BCUT2D eigenvalue weighted by atomic mass is 9.88. The third-order valence-corrected chi connectivity index (χ3v) is 5.16. The molecule has 0 spiro atoms. The number of aromatic nitrogens is 1. The number of carboxylic acid groups (broad SMARTS) is 1. The van der Waals surface area contributed by atoms with Crippen molar-refractivity contribution in [1.29, 1.82) is 0 Å². The number of aromatic carboxylic acids is 1. The van der Waals surface area contributed by atoms with Crippen LogP contribution >= 0.6 is 0 Å². The van der Waals surface area contributed by atoms with E-state index >= 15 is 0 Å². The fourth-order valence-corrected chi connectivity index (χ4v) is 4.01. The molecule has 3 rings (SSSR count). The molecule has 1 aromatic heterocycles. The maximum Gasteiger partial charge on any atom is 0.410 e.